The van der Waals surface area contributed by atoms with Crippen LogP contribution in [0.1, 0.15) is 11.3 Å². The largest absolute Gasteiger partial charge is 0.417 e. The van der Waals surface area contributed by atoms with Gasteiger partial charge in [-0.25, -0.2) is 4.98 Å². The van der Waals surface area contributed by atoms with E-state index >= 15 is 0 Å². The third kappa shape index (κ3) is 2.56. The number of hydrogen-bond acceptors (Lipinski definition) is 2. The first-order valence-electron chi connectivity index (χ1n) is 4.80. The van der Waals surface area contributed by atoms with Crippen molar-refractivity contribution in [2.75, 3.05) is 0 Å². The zero-order chi connectivity index (χ0) is 13.5. The number of fused-ring (bicyclic) bond motifs is 1. The third-order valence-corrected chi connectivity index (χ3v) is 2.66. The van der Waals surface area contributed by atoms with Gasteiger partial charge in [-0.3, -0.25) is 0 Å². The van der Waals surface area contributed by atoms with Crippen molar-refractivity contribution in [2.24, 2.45) is 5.73 Å². The number of imidazole rings is 1. The second-order valence-electron chi connectivity index (χ2n) is 3.68. The van der Waals surface area contributed by atoms with Gasteiger partial charge in [-0.2, -0.15) is 13.2 Å². The van der Waals surface area contributed by atoms with Crippen LogP contribution in [-0.4, -0.2) is 14.4 Å². The van der Waals surface area contributed by atoms with Gasteiger partial charge in [0.2, 0.25) is 0 Å². The topological polar surface area (TPSA) is 43.3 Å². The average Bonchev–Trinajstić information content (AvgIpc) is 2.58. The summed E-state index contributed by atoms with van der Waals surface area (Å²) in [6, 6.07) is 0.842. The molecule has 0 saturated heterocycles. The maximum atomic E-state index is 12.6. The summed E-state index contributed by atoms with van der Waals surface area (Å²) >= 11 is 10.5. The minimum atomic E-state index is -4.45. The Morgan fingerprint density at radius 1 is 1.44 bits per heavy atom. The summed E-state index contributed by atoms with van der Waals surface area (Å²) in [6.07, 6.45) is -1.88. The molecule has 18 heavy (non-hydrogen) atoms. The van der Waals surface area contributed by atoms with Crippen LogP contribution in [0.3, 0.4) is 0 Å². The van der Waals surface area contributed by atoms with E-state index in [9.17, 15) is 13.2 Å². The Morgan fingerprint density at radius 3 is 2.67 bits per heavy atom. The summed E-state index contributed by atoms with van der Waals surface area (Å²) in [5, 5.41) is -0.0704. The number of alkyl halides is 3. The van der Waals surface area contributed by atoms with Crippen molar-refractivity contribution in [3.8, 4) is 0 Å². The molecule has 0 aromatic carbocycles. The molecule has 0 aliphatic rings. The molecule has 0 fully saturated rings. The van der Waals surface area contributed by atoms with Crippen LogP contribution in [0.15, 0.2) is 18.5 Å². The fourth-order valence-corrected chi connectivity index (χ4v) is 1.93. The molecule has 2 aromatic rings. The Balaban J connectivity index is 2.56. The van der Waals surface area contributed by atoms with E-state index < -0.39 is 11.7 Å². The Bertz CT molecular complexity index is 621. The molecule has 3 nitrogen and oxygen atoms in total. The highest BCUT2D eigenvalue weighted by molar-refractivity contribution is 7.80. The SMILES string of the molecule is NC(=S)Cc1cn2cc(C(F)(F)F)cc(Cl)c2n1. The Kier molecular flexibility index (Phi) is 3.20. The van der Waals surface area contributed by atoms with E-state index in [1.807, 2.05) is 0 Å². The number of nitrogens with zero attached hydrogens (tertiary/aromatic N) is 2. The lowest BCUT2D eigenvalue weighted by Crippen LogP contribution is -2.11. The molecule has 2 aromatic heterocycles. The minimum Gasteiger partial charge on any atom is -0.393 e. The molecule has 2 N–H and O–H groups in total. The van der Waals surface area contributed by atoms with Crippen LogP contribution in [-0.2, 0) is 12.6 Å². The van der Waals surface area contributed by atoms with Crippen molar-refractivity contribution in [2.45, 2.75) is 12.6 Å². The van der Waals surface area contributed by atoms with E-state index in [-0.39, 0.29) is 22.1 Å². The number of rotatable bonds is 2. The van der Waals surface area contributed by atoms with Crippen molar-refractivity contribution in [3.63, 3.8) is 0 Å². The van der Waals surface area contributed by atoms with Crippen LogP contribution in [0.4, 0.5) is 13.2 Å². The predicted molar refractivity (Wildman–Crippen MR) is 65.7 cm³/mol. The van der Waals surface area contributed by atoms with Crippen molar-refractivity contribution >= 4 is 34.5 Å². The third-order valence-electron chi connectivity index (χ3n) is 2.24. The molecule has 0 radical (unpaired) electrons. The van der Waals surface area contributed by atoms with Gasteiger partial charge in [-0.1, -0.05) is 23.8 Å². The summed E-state index contributed by atoms with van der Waals surface area (Å²) in [6.45, 7) is 0. The lowest BCUT2D eigenvalue weighted by Gasteiger charge is -2.07. The molecule has 96 valence electrons. The smallest absolute Gasteiger partial charge is 0.393 e. The minimum absolute atomic E-state index is 0.0704. The molecule has 0 aliphatic carbocycles. The van der Waals surface area contributed by atoms with E-state index in [2.05, 4.69) is 4.98 Å². The first kappa shape index (κ1) is 13.1. The van der Waals surface area contributed by atoms with Gasteiger partial charge in [-0.05, 0) is 6.07 Å². The van der Waals surface area contributed by atoms with E-state index in [0.29, 0.717) is 5.69 Å². The molecule has 2 rings (SSSR count). The van der Waals surface area contributed by atoms with Crippen molar-refractivity contribution in [1.82, 2.24) is 9.38 Å². The fraction of sp³-hybridized carbons (Fsp3) is 0.200. The van der Waals surface area contributed by atoms with Crippen LogP contribution in [0.25, 0.3) is 5.65 Å². The molecule has 2 heterocycles. The van der Waals surface area contributed by atoms with Crippen LogP contribution < -0.4 is 5.73 Å². The average molecular weight is 294 g/mol. The Morgan fingerprint density at radius 2 is 2.11 bits per heavy atom. The van der Waals surface area contributed by atoms with Crippen molar-refractivity contribution < 1.29 is 13.2 Å². The number of halogens is 4. The van der Waals surface area contributed by atoms with Gasteiger partial charge < -0.3 is 10.1 Å². The molecule has 0 spiro atoms. The van der Waals surface area contributed by atoms with Gasteiger partial charge in [0, 0.05) is 18.8 Å². The van der Waals surface area contributed by atoms with Gasteiger partial charge in [0.25, 0.3) is 0 Å². The van der Waals surface area contributed by atoms with Gasteiger partial charge in [0.1, 0.15) is 0 Å². The maximum Gasteiger partial charge on any atom is 0.417 e. The summed E-state index contributed by atoms with van der Waals surface area (Å²) in [5.74, 6) is 0. The lowest BCUT2D eigenvalue weighted by atomic mass is 10.3. The highest BCUT2D eigenvalue weighted by Crippen LogP contribution is 2.32. The zero-order valence-electron chi connectivity index (χ0n) is 8.83. The molecule has 0 atom stereocenters. The molecule has 0 unspecified atom stereocenters. The highest BCUT2D eigenvalue weighted by atomic mass is 35.5. The van der Waals surface area contributed by atoms with Gasteiger partial charge in [-0.15, -0.1) is 0 Å². The van der Waals surface area contributed by atoms with Crippen LogP contribution in [0, 0.1) is 0 Å². The number of nitrogens with two attached hydrogens (primary N) is 1. The quantitative estimate of drug-likeness (QED) is 0.866. The summed E-state index contributed by atoms with van der Waals surface area (Å²) in [5.41, 5.74) is 5.24. The summed E-state index contributed by atoms with van der Waals surface area (Å²) in [7, 11) is 0. The van der Waals surface area contributed by atoms with Gasteiger partial charge in [0.15, 0.2) is 5.65 Å². The van der Waals surface area contributed by atoms with Crippen LogP contribution in [0.2, 0.25) is 5.02 Å². The summed E-state index contributed by atoms with van der Waals surface area (Å²) < 4.78 is 39.0. The molecule has 0 aliphatic heterocycles. The van der Waals surface area contributed by atoms with Crippen LogP contribution >= 0.6 is 23.8 Å². The second-order valence-corrected chi connectivity index (χ2v) is 4.61. The van der Waals surface area contributed by atoms with Gasteiger partial charge in [0.05, 0.1) is 21.3 Å². The molecule has 0 amide bonds. The van der Waals surface area contributed by atoms with E-state index in [0.717, 1.165) is 12.3 Å². The van der Waals surface area contributed by atoms with E-state index in [1.54, 1.807) is 0 Å². The molecular formula is C10H7ClF3N3S. The van der Waals surface area contributed by atoms with Crippen molar-refractivity contribution in [1.29, 1.82) is 0 Å². The lowest BCUT2D eigenvalue weighted by molar-refractivity contribution is -0.137. The van der Waals surface area contributed by atoms with Gasteiger partial charge >= 0.3 is 6.18 Å². The maximum absolute atomic E-state index is 12.6. The number of pyridine rings is 1. The molecule has 0 bridgehead atoms. The summed E-state index contributed by atoms with van der Waals surface area (Å²) in [4.78, 5) is 4.29. The normalized spacial score (nSPS) is 12.0. The first-order valence-corrected chi connectivity index (χ1v) is 5.58. The number of aromatic nitrogens is 2. The van der Waals surface area contributed by atoms with E-state index in [4.69, 9.17) is 29.6 Å². The monoisotopic (exact) mass is 293 g/mol. The van der Waals surface area contributed by atoms with E-state index in [1.165, 1.54) is 10.6 Å². The molecular weight excluding hydrogens is 287 g/mol. The standard InChI is InChI=1S/C10H7ClF3N3S/c11-7-1-5(10(12,13)14)3-17-4-6(2-8(15)18)16-9(7)17/h1,3-4H,2H2,(H2,15,18). The van der Waals surface area contributed by atoms with Crippen LogP contribution in [0.5, 0.6) is 0 Å². The Hall–Kier alpha value is -1.34. The molecule has 0 saturated carbocycles. The zero-order valence-corrected chi connectivity index (χ0v) is 10.4. The number of hydrogen-bond donors (Lipinski definition) is 1. The Labute approximate surface area is 110 Å². The molecule has 8 heteroatoms. The first-order chi connectivity index (χ1) is 8.27. The fourth-order valence-electron chi connectivity index (χ4n) is 1.53. The van der Waals surface area contributed by atoms with Crippen molar-refractivity contribution in [3.05, 3.63) is 34.7 Å². The number of thiocarbonyl (C=S) groups is 1. The second kappa shape index (κ2) is 4.40. The predicted octanol–water partition coefficient (Wildman–Crippen LogP) is 2.84. The highest BCUT2D eigenvalue weighted by Gasteiger charge is 2.31.